The fourth-order valence-corrected chi connectivity index (χ4v) is 2.71. The van der Waals surface area contributed by atoms with Crippen LogP contribution < -0.4 is 5.32 Å². The van der Waals surface area contributed by atoms with Gasteiger partial charge in [-0.3, -0.25) is 4.79 Å². The zero-order chi connectivity index (χ0) is 18.0. The number of benzene rings is 2. The van der Waals surface area contributed by atoms with E-state index in [0.29, 0.717) is 24.1 Å². The summed E-state index contributed by atoms with van der Waals surface area (Å²) in [6.07, 6.45) is 0.519. The molecule has 4 nitrogen and oxygen atoms in total. The van der Waals surface area contributed by atoms with Crippen LogP contribution in [0.4, 0.5) is 5.69 Å². The number of anilines is 1. The van der Waals surface area contributed by atoms with Gasteiger partial charge in [-0.25, -0.2) is 4.98 Å². The van der Waals surface area contributed by atoms with Crippen molar-refractivity contribution in [1.82, 2.24) is 4.98 Å². The van der Waals surface area contributed by atoms with Gasteiger partial charge in [0.25, 0.3) is 0 Å². The van der Waals surface area contributed by atoms with Gasteiger partial charge in [0.15, 0.2) is 5.58 Å². The van der Waals surface area contributed by atoms with Crippen molar-refractivity contribution in [3.63, 3.8) is 0 Å². The van der Waals surface area contributed by atoms with E-state index in [1.54, 1.807) is 0 Å². The molecule has 1 aromatic heterocycles. The summed E-state index contributed by atoms with van der Waals surface area (Å²) in [6.45, 7) is 8.38. The molecule has 0 aliphatic heterocycles. The normalized spacial score (nSPS) is 11.4. The third-order valence-electron chi connectivity index (χ3n) is 4.09. The Hall–Kier alpha value is -2.62. The van der Waals surface area contributed by atoms with Gasteiger partial charge in [0.1, 0.15) is 5.52 Å². The smallest absolute Gasteiger partial charge is 0.227 e. The van der Waals surface area contributed by atoms with E-state index in [2.05, 4.69) is 36.3 Å². The first-order valence-corrected chi connectivity index (χ1v) is 8.73. The number of nitrogens with zero attached hydrogens (tertiary/aromatic N) is 1. The predicted octanol–water partition coefficient (Wildman–Crippen LogP) is 5.60. The minimum absolute atomic E-state index is 0.0332. The number of rotatable bonds is 5. The van der Waals surface area contributed by atoms with Crippen LogP contribution in [0, 0.1) is 5.92 Å². The summed E-state index contributed by atoms with van der Waals surface area (Å²) in [4.78, 5) is 16.4. The van der Waals surface area contributed by atoms with Gasteiger partial charge in [0.05, 0.1) is 0 Å². The van der Waals surface area contributed by atoms with E-state index in [4.69, 9.17) is 4.42 Å². The highest BCUT2D eigenvalue weighted by molar-refractivity contribution is 5.91. The second kappa shape index (κ2) is 7.09. The second-order valence-electron chi connectivity index (χ2n) is 7.12. The van der Waals surface area contributed by atoms with Crippen LogP contribution in [-0.2, 0) is 4.79 Å². The molecular formula is C21H24N2O2. The molecule has 0 bridgehead atoms. The standard InChI is InChI=1S/C21H24N2O2/c1-13(2)11-20(24)22-17-8-5-15(6-9-17)21-23-18-12-16(14(3)4)7-10-19(18)25-21/h5-10,12-14H,11H2,1-4H3,(H,22,24). The Kier molecular flexibility index (Phi) is 4.88. The fraction of sp³-hybridized carbons (Fsp3) is 0.333. The molecule has 0 saturated heterocycles. The number of aromatic nitrogens is 1. The summed E-state index contributed by atoms with van der Waals surface area (Å²) < 4.78 is 5.86. The number of amides is 1. The maximum Gasteiger partial charge on any atom is 0.227 e. The lowest BCUT2D eigenvalue weighted by Crippen LogP contribution is -2.13. The van der Waals surface area contributed by atoms with Gasteiger partial charge in [-0.15, -0.1) is 0 Å². The number of carbonyl (C=O) groups excluding carboxylic acids is 1. The quantitative estimate of drug-likeness (QED) is 0.659. The molecule has 0 saturated carbocycles. The van der Waals surface area contributed by atoms with Crippen molar-refractivity contribution in [2.75, 3.05) is 5.32 Å². The molecule has 130 valence electrons. The molecule has 0 atom stereocenters. The van der Waals surface area contributed by atoms with Crippen molar-refractivity contribution in [2.24, 2.45) is 5.92 Å². The Morgan fingerprint density at radius 2 is 1.80 bits per heavy atom. The van der Waals surface area contributed by atoms with Gasteiger partial charge >= 0.3 is 0 Å². The molecule has 25 heavy (non-hydrogen) atoms. The van der Waals surface area contributed by atoms with Crippen molar-refractivity contribution in [3.8, 4) is 11.5 Å². The van der Waals surface area contributed by atoms with Gasteiger partial charge in [-0.2, -0.15) is 0 Å². The molecule has 1 heterocycles. The number of nitrogens with one attached hydrogen (secondary N) is 1. The topological polar surface area (TPSA) is 55.1 Å². The Morgan fingerprint density at radius 3 is 2.44 bits per heavy atom. The molecule has 0 fully saturated rings. The first-order chi connectivity index (χ1) is 11.9. The maximum absolute atomic E-state index is 11.8. The highest BCUT2D eigenvalue weighted by Crippen LogP contribution is 2.27. The van der Waals surface area contributed by atoms with Gasteiger partial charge in [0.2, 0.25) is 11.8 Å². The van der Waals surface area contributed by atoms with Crippen LogP contribution in [0.3, 0.4) is 0 Å². The second-order valence-corrected chi connectivity index (χ2v) is 7.12. The average Bonchev–Trinajstić information content (AvgIpc) is 2.97. The molecule has 0 radical (unpaired) electrons. The third kappa shape index (κ3) is 4.08. The Balaban J connectivity index is 1.80. The number of fused-ring (bicyclic) bond motifs is 1. The molecule has 0 spiro atoms. The predicted molar refractivity (Wildman–Crippen MR) is 102 cm³/mol. The monoisotopic (exact) mass is 336 g/mol. The molecule has 3 rings (SSSR count). The molecule has 0 aliphatic rings. The SMILES string of the molecule is CC(C)CC(=O)Nc1ccc(-c2nc3cc(C(C)C)ccc3o2)cc1. The Morgan fingerprint density at radius 1 is 1.08 bits per heavy atom. The van der Waals surface area contributed by atoms with E-state index in [-0.39, 0.29) is 5.91 Å². The minimum atomic E-state index is 0.0332. The van der Waals surface area contributed by atoms with Crippen molar-refractivity contribution in [3.05, 3.63) is 48.0 Å². The Bertz CT molecular complexity index is 877. The van der Waals surface area contributed by atoms with Crippen LogP contribution in [-0.4, -0.2) is 10.9 Å². The summed E-state index contributed by atoms with van der Waals surface area (Å²) in [5, 5.41) is 2.91. The van der Waals surface area contributed by atoms with Gasteiger partial charge in [-0.1, -0.05) is 33.8 Å². The van der Waals surface area contributed by atoms with Crippen LogP contribution >= 0.6 is 0 Å². The lowest BCUT2D eigenvalue weighted by atomic mass is 10.0. The van der Waals surface area contributed by atoms with E-state index < -0.39 is 0 Å². The number of hydrogen-bond acceptors (Lipinski definition) is 3. The van der Waals surface area contributed by atoms with E-state index in [1.807, 2.05) is 44.2 Å². The summed E-state index contributed by atoms with van der Waals surface area (Å²) >= 11 is 0. The lowest BCUT2D eigenvalue weighted by Gasteiger charge is -2.07. The number of oxazole rings is 1. The van der Waals surface area contributed by atoms with Gasteiger partial charge in [0, 0.05) is 17.7 Å². The van der Waals surface area contributed by atoms with Crippen LogP contribution in [0.25, 0.3) is 22.6 Å². The van der Waals surface area contributed by atoms with E-state index in [0.717, 1.165) is 22.4 Å². The van der Waals surface area contributed by atoms with Crippen LogP contribution in [0.5, 0.6) is 0 Å². The summed E-state index contributed by atoms with van der Waals surface area (Å²) in [7, 11) is 0. The molecule has 2 aromatic carbocycles. The highest BCUT2D eigenvalue weighted by atomic mass is 16.3. The first-order valence-electron chi connectivity index (χ1n) is 8.73. The highest BCUT2D eigenvalue weighted by Gasteiger charge is 2.11. The van der Waals surface area contributed by atoms with Crippen LogP contribution in [0.2, 0.25) is 0 Å². The summed E-state index contributed by atoms with van der Waals surface area (Å²) in [5.41, 5.74) is 4.58. The molecule has 1 amide bonds. The summed E-state index contributed by atoms with van der Waals surface area (Å²) in [5.74, 6) is 1.43. The molecule has 3 aromatic rings. The van der Waals surface area contributed by atoms with Crippen molar-refractivity contribution < 1.29 is 9.21 Å². The third-order valence-corrected chi connectivity index (χ3v) is 4.09. The van der Waals surface area contributed by atoms with E-state index in [9.17, 15) is 4.79 Å². The largest absolute Gasteiger partial charge is 0.436 e. The van der Waals surface area contributed by atoms with Gasteiger partial charge < -0.3 is 9.73 Å². The number of carbonyl (C=O) groups is 1. The maximum atomic E-state index is 11.8. The fourth-order valence-electron chi connectivity index (χ4n) is 2.71. The van der Waals surface area contributed by atoms with E-state index in [1.165, 1.54) is 5.56 Å². The van der Waals surface area contributed by atoms with Crippen LogP contribution in [0.15, 0.2) is 46.9 Å². The first kappa shape index (κ1) is 17.2. The van der Waals surface area contributed by atoms with E-state index >= 15 is 0 Å². The van der Waals surface area contributed by atoms with Crippen molar-refractivity contribution in [2.45, 2.75) is 40.0 Å². The minimum Gasteiger partial charge on any atom is -0.436 e. The van der Waals surface area contributed by atoms with Gasteiger partial charge in [-0.05, 0) is 53.8 Å². The molecule has 0 unspecified atom stereocenters. The average molecular weight is 336 g/mol. The van der Waals surface area contributed by atoms with Crippen molar-refractivity contribution >= 4 is 22.7 Å². The Labute approximate surface area is 148 Å². The summed E-state index contributed by atoms with van der Waals surface area (Å²) in [6, 6.07) is 13.7. The molecule has 4 heteroatoms. The zero-order valence-corrected chi connectivity index (χ0v) is 15.2. The van der Waals surface area contributed by atoms with Crippen molar-refractivity contribution in [1.29, 1.82) is 0 Å². The number of hydrogen-bond donors (Lipinski definition) is 1. The molecule has 1 N–H and O–H groups in total. The lowest BCUT2D eigenvalue weighted by molar-refractivity contribution is -0.116. The molecular weight excluding hydrogens is 312 g/mol. The van der Waals surface area contributed by atoms with Crippen LogP contribution in [0.1, 0.15) is 45.6 Å². The zero-order valence-electron chi connectivity index (χ0n) is 15.2. The molecule has 0 aliphatic carbocycles.